The number of pyridine rings is 1. The predicted octanol–water partition coefficient (Wildman–Crippen LogP) is 5.63. The zero-order valence-electron chi connectivity index (χ0n) is 13.0. The Kier molecular flexibility index (Phi) is 4.18. The van der Waals surface area contributed by atoms with Crippen LogP contribution in [0.3, 0.4) is 0 Å². The fraction of sp³-hybridized carbons (Fsp3) is 0.158. The van der Waals surface area contributed by atoms with E-state index in [4.69, 9.17) is 11.6 Å². The van der Waals surface area contributed by atoms with Crippen molar-refractivity contribution in [2.24, 2.45) is 0 Å². The molecule has 0 fully saturated rings. The van der Waals surface area contributed by atoms with Crippen molar-refractivity contribution in [3.63, 3.8) is 0 Å². The highest BCUT2D eigenvalue weighted by atomic mass is 35.5. The van der Waals surface area contributed by atoms with Gasteiger partial charge in [0.2, 0.25) is 0 Å². The summed E-state index contributed by atoms with van der Waals surface area (Å²) in [5.74, 6) is 0.485. The van der Waals surface area contributed by atoms with Crippen LogP contribution in [-0.4, -0.2) is 4.98 Å². The van der Waals surface area contributed by atoms with Crippen LogP contribution in [0.5, 0.6) is 0 Å². The molecule has 3 rings (SSSR count). The van der Waals surface area contributed by atoms with E-state index < -0.39 is 0 Å². The first-order valence-corrected chi connectivity index (χ1v) is 7.81. The number of hydrogen-bond donors (Lipinski definition) is 1. The molecule has 0 saturated heterocycles. The van der Waals surface area contributed by atoms with Crippen LogP contribution < -0.4 is 5.32 Å². The monoisotopic (exact) mass is 321 g/mol. The van der Waals surface area contributed by atoms with Gasteiger partial charge < -0.3 is 5.32 Å². The molecule has 0 spiro atoms. The molecule has 0 aliphatic rings. The quantitative estimate of drug-likeness (QED) is 0.680. The van der Waals surface area contributed by atoms with Gasteiger partial charge in [-0.25, -0.2) is 0 Å². The van der Waals surface area contributed by atoms with Crippen LogP contribution in [0.25, 0.3) is 10.9 Å². The van der Waals surface area contributed by atoms with Crippen molar-refractivity contribution in [3.05, 3.63) is 64.8 Å². The first-order valence-electron chi connectivity index (χ1n) is 7.44. The summed E-state index contributed by atoms with van der Waals surface area (Å²) in [4.78, 5) is 4.31. The van der Waals surface area contributed by atoms with E-state index >= 15 is 0 Å². The molecule has 4 heteroatoms. The number of aromatic nitrogens is 1. The van der Waals surface area contributed by atoms with Crippen LogP contribution >= 0.6 is 11.6 Å². The van der Waals surface area contributed by atoms with E-state index in [0.717, 1.165) is 22.3 Å². The molecule has 1 N–H and O–H groups in total. The van der Waals surface area contributed by atoms with Crippen molar-refractivity contribution < 1.29 is 0 Å². The Labute approximate surface area is 140 Å². The van der Waals surface area contributed by atoms with Gasteiger partial charge in [-0.15, -0.1) is 0 Å². The predicted molar refractivity (Wildman–Crippen MR) is 95.3 cm³/mol. The second kappa shape index (κ2) is 6.28. The first-order chi connectivity index (χ1) is 11.1. The average Bonchev–Trinajstić information content (AvgIpc) is 2.56. The smallest absolute Gasteiger partial charge is 0.103 e. The van der Waals surface area contributed by atoms with Gasteiger partial charge in [0.15, 0.2) is 0 Å². The van der Waals surface area contributed by atoms with Gasteiger partial charge in [0.1, 0.15) is 6.07 Å². The van der Waals surface area contributed by atoms with Crippen molar-refractivity contribution in [2.75, 3.05) is 5.32 Å². The maximum absolute atomic E-state index is 9.38. The third-order valence-electron chi connectivity index (χ3n) is 3.80. The number of anilines is 2. The number of rotatable bonds is 3. The summed E-state index contributed by atoms with van der Waals surface area (Å²) in [6.07, 6.45) is 1.58. The Hall–Kier alpha value is -2.57. The van der Waals surface area contributed by atoms with Crippen molar-refractivity contribution >= 4 is 33.9 Å². The Morgan fingerprint density at radius 1 is 1.13 bits per heavy atom. The maximum Gasteiger partial charge on any atom is 0.103 e. The molecule has 0 bridgehead atoms. The van der Waals surface area contributed by atoms with Gasteiger partial charge in [-0.1, -0.05) is 37.6 Å². The lowest BCUT2D eigenvalue weighted by molar-refractivity contribution is 0.867. The minimum absolute atomic E-state index is 0.485. The van der Waals surface area contributed by atoms with Gasteiger partial charge in [-0.3, -0.25) is 4.98 Å². The molecule has 2 aromatic carbocycles. The summed E-state index contributed by atoms with van der Waals surface area (Å²) in [7, 11) is 0. The van der Waals surface area contributed by atoms with Gasteiger partial charge in [-0.05, 0) is 41.8 Å². The Morgan fingerprint density at radius 2 is 1.87 bits per heavy atom. The lowest BCUT2D eigenvalue weighted by Gasteiger charge is -2.13. The lowest BCUT2D eigenvalue weighted by Crippen LogP contribution is -1.97. The number of benzene rings is 2. The third-order valence-corrected chi connectivity index (χ3v) is 4.03. The van der Waals surface area contributed by atoms with E-state index in [1.807, 2.05) is 24.3 Å². The molecule has 1 aromatic heterocycles. The highest BCUT2D eigenvalue weighted by Crippen LogP contribution is 2.31. The highest BCUT2D eigenvalue weighted by Gasteiger charge is 2.10. The van der Waals surface area contributed by atoms with Crippen LogP contribution in [0, 0.1) is 11.3 Å². The summed E-state index contributed by atoms with van der Waals surface area (Å²) in [5, 5.41) is 14.2. The number of halogens is 1. The standard InChI is InChI=1S/C19H16ClN3/c1-12(2)13-3-6-16(7-4-13)23-19-14(10-21)11-22-18-8-5-15(20)9-17(18)19/h3-9,11-12H,1-2H3,(H,22,23). The van der Waals surface area contributed by atoms with Crippen molar-refractivity contribution in [3.8, 4) is 6.07 Å². The summed E-state index contributed by atoms with van der Waals surface area (Å²) < 4.78 is 0. The van der Waals surface area contributed by atoms with Crippen LogP contribution in [0.1, 0.15) is 30.9 Å². The number of fused-ring (bicyclic) bond motifs is 1. The zero-order valence-corrected chi connectivity index (χ0v) is 13.7. The molecule has 114 valence electrons. The van der Waals surface area contributed by atoms with Gasteiger partial charge in [0, 0.05) is 22.3 Å². The summed E-state index contributed by atoms with van der Waals surface area (Å²) in [5.41, 5.74) is 4.23. The van der Waals surface area contributed by atoms with Crippen LogP contribution in [0.4, 0.5) is 11.4 Å². The van der Waals surface area contributed by atoms with Gasteiger partial charge >= 0.3 is 0 Å². The molecule has 0 amide bonds. The molecule has 0 atom stereocenters. The minimum Gasteiger partial charge on any atom is -0.354 e. The molecule has 3 aromatic rings. The van der Waals surface area contributed by atoms with Gasteiger partial charge in [0.25, 0.3) is 0 Å². The third kappa shape index (κ3) is 3.13. The molecule has 1 heterocycles. The molecule has 23 heavy (non-hydrogen) atoms. The fourth-order valence-corrected chi connectivity index (χ4v) is 2.65. The topological polar surface area (TPSA) is 48.7 Å². The molecule has 3 nitrogen and oxygen atoms in total. The van der Waals surface area contributed by atoms with Crippen molar-refractivity contribution in [2.45, 2.75) is 19.8 Å². The lowest BCUT2D eigenvalue weighted by atomic mass is 10.0. The Morgan fingerprint density at radius 3 is 2.52 bits per heavy atom. The summed E-state index contributed by atoms with van der Waals surface area (Å²) >= 11 is 6.11. The zero-order chi connectivity index (χ0) is 16.4. The van der Waals surface area contributed by atoms with Crippen molar-refractivity contribution in [1.29, 1.82) is 5.26 Å². The summed E-state index contributed by atoms with van der Waals surface area (Å²) in [6, 6.07) is 15.9. The van der Waals surface area contributed by atoms with E-state index in [-0.39, 0.29) is 0 Å². The largest absolute Gasteiger partial charge is 0.354 e. The Bertz CT molecular complexity index is 893. The second-order valence-corrected chi connectivity index (χ2v) is 6.16. The molecular formula is C19H16ClN3. The van der Waals surface area contributed by atoms with Crippen LogP contribution in [-0.2, 0) is 0 Å². The molecule has 0 saturated carbocycles. The molecule has 0 aliphatic heterocycles. The summed E-state index contributed by atoms with van der Waals surface area (Å²) in [6.45, 7) is 4.32. The van der Waals surface area contributed by atoms with Gasteiger partial charge in [-0.2, -0.15) is 5.26 Å². The average molecular weight is 322 g/mol. The van der Waals surface area contributed by atoms with E-state index in [1.165, 1.54) is 5.56 Å². The SMILES string of the molecule is CC(C)c1ccc(Nc2c(C#N)cnc3ccc(Cl)cc23)cc1. The fourth-order valence-electron chi connectivity index (χ4n) is 2.48. The molecule has 0 radical (unpaired) electrons. The first kappa shape index (κ1) is 15.3. The van der Waals surface area contributed by atoms with E-state index in [1.54, 1.807) is 12.3 Å². The van der Waals surface area contributed by atoms with E-state index in [0.29, 0.717) is 16.5 Å². The number of nitrogens with one attached hydrogen (secondary N) is 1. The van der Waals surface area contributed by atoms with Crippen LogP contribution in [0.15, 0.2) is 48.7 Å². The van der Waals surface area contributed by atoms with Crippen molar-refractivity contribution in [1.82, 2.24) is 4.98 Å². The van der Waals surface area contributed by atoms with E-state index in [2.05, 4.69) is 42.4 Å². The van der Waals surface area contributed by atoms with E-state index in [9.17, 15) is 5.26 Å². The normalized spacial score (nSPS) is 10.7. The molecular weight excluding hydrogens is 306 g/mol. The number of hydrogen-bond acceptors (Lipinski definition) is 3. The maximum atomic E-state index is 9.38. The van der Waals surface area contributed by atoms with Crippen LogP contribution in [0.2, 0.25) is 5.02 Å². The van der Waals surface area contributed by atoms with Gasteiger partial charge in [0.05, 0.1) is 16.8 Å². The number of nitriles is 1. The minimum atomic E-state index is 0.485. The molecule has 0 unspecified atom stereocenters. The molecule has 0 aliphatic carbocycles. The number of nitrogens with zero attached hydrogens (tertiary/aromatic N) is 2. The highest BCUT2D eigenvalue weighted by molar-refractivity contribution is 6.31. The second-order valence-electron chi connectivity index (χ2n) is 5.72. The Balaban J connectivity index is 2.07.